The molecule has 0 amide bonds. The number of ether oxygens (including phenoxy) is 1. The Morgan fingerprint density at radius 1 is 1.39 bits per heavy atom. The second-order valence-electron chi connectivity index (χ2n) is 8.06. The molecule has 5 heteroatoms. The van der Waals surface area contributed by atoms with Gasteiger partial charge in [0.15, 0.2) is 8.32 Å². The number of carbonyl (C=O) groups excluding carboxylic acids is 1. The van der Waals surface area contributed by atoms with Crippen LogP contribution in [0.3, 0.4) is 0 Å². The van der Waals surface area contributed by atoms with Crippen molar-refractivity contribution < 1.29 is 14.0 Å². The number of hydrogen-bond acceptors (Lipinski definition) is 3. The Labute approximate surface area is 150 Å². The zero-order valence-corrected chi connectivity index (χ0v) is 17.9. The summed E-state index contributed by atoms with van der Waals surface area (Å²) < 4.78 is 13.4. The Morgan fingerprint density at radius 3 is 2.39 bits per heavy atom. The molecule has 0 aromatic heterocycles. The topological polar surface area (TPSA) is 38.8 Å². The Bertz CT molecular complexity index is 467. The molecule has 1 aliphatic heterocycles. The van der Waals surface area contributed by atoms with Crippen molar-refractivity contribution in [1.82, 2.24) is 0 Å². The highest BCUT2D eigenvalue weighted by atomic mass is 79.9. The third-order valence-electron chi connectivity index (χ3n) is 4.97. The average molecular weight is 403 g/mol. The van der Waals surface area contributed by atoms with Gasteiger partial charge in [0.2, 0.25) is 0 Å². The second kappa shape index (κ2) is 7.77. The molecule has 0 aromatic rings. The van der Waals surface area contributed by atoms with E-state index < -0.39 is 8.32 Å². The molecule has 0 unspecified atom stereocenters. The summed E-state index contributed by atoms with van der Waals surface area (Å²) in [6.45, 7) is 21.0. The summed E-state index contributed by atoms with van der Waals surface area (Å²) in [5.41, 5.74) is 0.913. The molecule has 0 aliphatic carbocycles. The van der Waals surface area contributed by atoms with Crippen LogP contribution < -0.4 is 0 Å². The van der Waals surface area contributed by atoms with Crippen LogP contribution in [-0.2, 0) is 14.0 Å². The second-order valence-corrected chi connectivity index (χ2v) is 13.9. The summed E-state index contributed by atoms with van der Waals surface area (Å²) in [7, 11) is -1.92. The molecule has 0 radical (unpaired) electrons. The minimum Gasteiger partial charge on any atom is -0.411 e. The van der Waals surface area contributed by atoms with Crippen molar-refractivity contribution in [3.63, 3.8) is 0 Å². The molecule has 0 bridgehead atoms. The van der Waals surface area contributed by atoms with Gasteiger partial charge in [0.25, 0.3) is 0 Å². The fraction of sp³-hybridized carbons (Fsp3) is 0.722. The number of halogens is 1. The van der Waals surface area contributed by atoms with Gasteiger partial charge < -0.3 is 14.0 Å². The van der Waals surface area contributed by atoms with Crippen LogP contribution in [0.25, 0.3) is 0 Å². The molecule has 1 fully saturated rings. The van der Waals surface area contributed by atoms with Gasteiger partial charge in [-0.3, -0.25) is 0 Å². The van der Waals surface area contributed by atoms with E-state index in [-0.39, 0.29) is 29.3 Å². The molecule has 132 valence electrons. The van der Waals surface area contributed by atoms with E-state index in [0.29, 0.717) is 6.42 Å². The van der Waals surface area contributed by atoms with Gasteiger partial charge in [-0.15, -0.1) is 0 Å². The third-order valence-corrected chi connectivity index (χ3v) is 9.80. The first-order valence-electron chi connectivity index (χ1n) is 8.18. The summed E-state index contributed by atoms with van der Waals surface area (Å²) in [4.78, 5) is 11.0. The van der Waals surface area contributed by atoms with E-state index in [1.165, 1.54) is 0 Å². The van der Waals surface area contributed by atoms with Crippen molar-refractivity contribution in [2.45, 2.75) is 77.0 Å². The van der Waals surface area contributed by atoms with Crippen molar-refractivity contribution in [3.8, 4) is 0 Å². The Hall–Kier alpha value is -0.233. The molecule has 4 atom stereocenters. The lowest BCUT2D eigenvalue weighted by atomic mass is 9.96. The molecule has 1 rings (SSSR count). The van der Waals surface area contributed by atoms with Gasteiger partial charge in [-0.2, -0.15) is 0 Å². The molecule has 0 spiro atoms. The average Bonchev–Trinajstić information content (AvgIpc) is 3.13. The van der Waals surface area contributed by atoms with E-state index in [1.54, 1.807) is 0 Å². The van der Waals surface area contributed by atoms with Crippen molar-refractivity contribution in [2.24, 2.45) is 5.92 Å². The van der Waals surface area contributed by atoms with E-state index in [9.17, 15) is 4.79 Å². The lowest BCUT2D eigenvalue weighted by Crippen LogP contribution is -2.45. The van der Waals surface area contributed by atoms with Gasteiger partial charge in [0.05, 0.1) is 12.2 Å². The predicted octanol–water partition coefficient (Wildman–Crippen LogP) is 5.22. The van der Waals surface area contributed by atoms with Crippen LogP contribution in [0.5, 0.6) is 0 Å². The molecule has 0 saturated carbocycles. The predicted molar refractivity (Wildman–Crippen MR) is 102 cm³/mol. The van der Waals surface area contributed by atoms with Crippen molar-refractivity contribution in [2.75, 3.05) is 0 Å². The van der Waals surface area contributed by atoms with Gasteiger partial charge >= 0.3 is 0 Å². The summed E-state index contributed by atoms with van der Waals surface area (Å²) in [5, 5.41) is 0.131. The first-order chi connectivity index (χ1) is 10.4. The fourth-order valence-corrected chi connectivity index (χ4v) is 3.83. The van der Waals surface area contributed by atoms with Gasteiger partial charge in [0, 0.05) is 12.3 Å². The maximum absolute atomic E-state index is 11.0. The zero-order valence-electron chi connectivity index (χ0n) is 15.3. The van der Waals surface area contributed by atoms with E-state index in [1.807, 2.05) is 6.92 Å². The molecule has 1 saturated heterocycles. The van der Waals surface area contributed by atoms with Gasteiger partial charge in [0.1, 0.15) is 12.4 Å². The minimum atomic E-state index is -1.92. The molecule has 0 N–H and O–H groups in total. The van der Waals surface area contributed by atoms with E-state index in [0.717, 1.165) is 22.8 Å². The summed E-state index contributed by atoms with van der Waals surface area (Å²) in [5.74, 6) is -0.149. The number of hydrogen-bond donors (Lipinski definition) is 0. The van der Waals surface area contributed by atoms with E-state index in [2.05, 4.69) is 63.0 Å². The van der Waals surface area contributed by atoms with Crippen LogP contribution >= 0.6 is 15.9 Å². The normalized spacial score (nSPS) is 24.0. The number of carbonyl (C=O) groups is 1. The lowest BCUT2D eigenvalue weighted by Gasteiger charge is -2.39. The molecule has 1 heterocycles. The first-order valence-corrected chi connectivity index (χ1v) is 11.9. The summed E-state index contributed by atoms with van der Waals surface area (Å²) in [6, 6.07) is 0. The largest absolute Gasteiger partial charge is 0.411 e. The third kappa shape index (κ3) is 5.96. The molecular formula is C18H31BrO3Si. The Morgan fingerprint density at radius 2 is 1.96 bits per heavy atom. The molecule has 0 aromatic carbocycles. The maximum atomic E-state index is 11.0. The fourth-order valence-electron chi connectivity index (χ4n) is 2.19. The molecule has 3 nitrogen and oxygen atoms in total. The van der Waals surface area contributed by atoms with Crippen molar-refractivity contribution in [3.05, 3.63) is 23.2 Å². The van der Waals surface area contributed by atoms with Crippen LogP contribution in [0.15, 0.2) is 23.2 Å². The van der Waals surface area contributed by atoms with Gasteiger partial charge in [-0.05, 0) is 29.0 Å². The van der Waals surface area contributed by atoms with Gasteiger partial charge in [-0.25, -0.2) is 0 Å². The molecular weight excluding hydrogens is 372 g/mol. The standard InChI is InChI=1S/C18H31BrO3Si/c1-12(13(2)11-20)9-16(17-15(21-17)10-14(3)19)22-23(7,8)18(4,5)6/h11,13,15-17H,1,3,9-10H2,2,4-8H3/t13-,15-,16-,17+/m0/s1. The van der Waals surface area contributed by atoms with Crippen LogP contribution in [0.2, 0.25) is 18.1 Å². The maximum Gasteiger partial charge on any atom is 0.192 e. The molecule has 1 aliphatic rings. The minimum absolute atomic E-state index is 0.0392. The number of aldehydes is 1. The highest BCUT2D eigenvalue weighted by Gasteiger charge is 2.49. The van der Waals surface area contributed by atoms with Crippen LogP contribution in [0, 0.1) is 5.92 Å². The quantitative estimate of drug-likeness (QED) is 0.229. The smallest absolute Gasteiger partial charge is 0.192 e. The summed E-state index contributed by atoms with van der Waals surface area (Å²) >= 11 is 3.40. The Kier molecular flexibility index (Phi) is 7.03. The lowest BCUT2D eigenvalue weighted by molar-refractivity contribution is -0.109. The van der Waals surface area contributed by atoms with Crippen LogP contribution in [0.4, 0.5) is 0 Å². The van der Waals surface area contributed by atoms with Crippen LogP contribution in [0.1, 0.15) is 40.5 Å². The monoisotopic (exact) mass is 402 g/mol. The van der Waals surface area contributed by atoms with Crippen molar-refractivity contribution >= 4 is 30.5 Å². The Balaban J connectivity index is 2.84. The highest BCUT2D eigenvalue weighted by molar-refractivity contribution is 9.11. The number of rotatable bonds is 9. The highest BCUT2D eigenvalue weighted by Crippen LogP contribution is 2.42. The number of epoxide rings is 1. The SMILES string of the molecule is C=C(Br)C[C@@H]1O[C@H]1[C@H](CC(=C)[C@@H](C)C=O)O[Si](C)(C)C(C)(C)C. The summed E-state index contributed by atoms with van der Waals surface area (Å²) in [6.07, 6.45) is 2.57. The van der Waals surface area contributed by atoms with Crippen molar-refractivity contribution in [1.29, 1.82) is 0 Å². The van der Waals surface area contributed by atoms with Gasteiger partial charge in [-0.1, -0.05) is 62.4 Å². The zero-order chi connectivity index (χ0) is 18.0. The van der Waals surface area contributed by atoms with Crippen LogP contribution in [-0.4, -0.2) is 32.9 Å². The first kappa shape index (κ1) is 20.8. The molecule has 23 heavy (non-hydrogen) atoms. The van der Waals surface area contributed by atoms with E-state index in [4.69, 9.17) is 9.16 Å². The van der Waals surface area contributed by atoms with E-state index >= 15 is 0 Å².